The summed E-state index contributed by atoms with van der Waals surface area (Å²) in [7, 11) is 0. The SMILES string of the molecule is C#CC.C/C=C(\C=C(\C#N)COC(C)C)c1ccc(-c2cccc3c2CCC3)s1. The summed E-state index contributed by atoms with van der Waals surface area (Å²) >= 11 is 1.80. The van der Waals surface area contributed by atoms with Crippen LogP contribution < -0.4 is 0 Å². The molecule has 2 nitrogen and oxygen atoms in total. The molecule has 1 aliphatic rings. The molecule has 2 aromatic rings. The number of hydrogen-bond acceptors (Lipinski definition) is 3. The minimum atomic E-state index is 0.120. The molecule has 0 spiro atoms. The van der Waals surface area contributed by atoms with Crippen LogP contribution in [-0.2, 0) is 17.6 Å². The number of benzene rings is 1. The van der Waals surface area contributed by atoms with Crippen LogP contribution in [0.4, 0.5) is 0 Å². The van der Waals surface area contributed by atoms with Crippen molar-refractivity contribution in [3.05, 3.63) is 64.1 Å². The van der Waals surface area contributed by atoms with Crippen LogP contribution in [0.15, 0.2) is 48.1 Å². The van der Waals surface area contributed by atoms with Gasteiger partial charge in [-0.15, -0.1) is 23.7 Å². The third kappa shape index (κ3) is 6.20. The van der Waals surface area contributed by atoms with Gasteiger partial charge in [0.2, 0.25) is 0 Å². The van der Waals surface area contributed by atoms with Crippen LogP contribution in [0, 0.1) is 23.7 Å². The second kappa shape index (κ2) is 11.4. The molecule has 29 heavy (non-hydrogen) atoms. The molecule has 0 bridgehead atoms. The molecular weight excluding hydrogens is 374 g/mol. The van der Waals surface area contributed by atoms with E-state index >= 15 is 0 Å². The molecule has 0 saturated carbocycles. The molecule has 0 saturated heterocycles. The molecule has 0 radical (unpaired) electrons. The van der Waals surface area contributed by atoms with Crippen molar-refractivity contribution in [3.8, 4) is 28.9 Å². The fourth-order valence-corrected chi connectivity index (χ4v) is 4.44. The predicted octanol–water partition coefficient (Wildman–Crippen LogP) is 6.82. The molecule has 1 aliphatic carbocycles. The Bertz CT molecular complexity index is 963. The molecule has 0 atom stereocenters. The molecule has 0 amide bonds. The fourth-order valence-electron chi connectivity index (χ4n) is 3.34. The highest BCUT2D eigenvalue weighted by molar-refractivity contribution is 7.16. The van der Waals surface area contributed by atoms with E-state index in [1.165, 1.54) is 45.7 Å². The first-order valence-electron chi connectivity index (χ1n) is 10.0. The summed E-state index contributed by atoms with van der Waals surface area (Å²) in [5.41, 5.74) is 6.13. The number of terminal acetylenes is 1. The smallest absolute Gasteiger partial charge is 0.0971 e. The van der Waals surface area contributed by atoms with Gasteiger partial charge in [-0.1, -0.05) is 24.3 Å². The van der Waals surface area contributed by atoms with Crippen LogP contribution in [0.2, 0.25) is 0 Å². The van der Waals surface area contributed by atoms with Crippen LogP contribution in [-0.4, -0.2) is 12.7 Å². The number of allylic oxidation sites excluding steroid dienone is 3. The average Bonchev–Trinajstić information content (AvgIpc) is 3.38. The van der Waals surface area contributed by atoms with Gasteiger partial charge in [0.25, 0.3) is 0 Å². The topological polar surface area (TPSA) is 33.0 Å². The number of thiophene rings is 1. The van der Waals surface area contributed by atoms with Crippen molar-refractivity contribution in [1.29, 1.82) is 5.26 Å². The zero-order valence-corrected chi connectivity index (χ0v) is 18.6. The molecule has 1 heterocycles. The highest BCUT2D eigenvalue weighted by Crippen LogP contribution is 2.38. The maximum atomic E-state index is 9.40. The van der Waals surface area contributed by atoms with Crippen molar-refractivity contribution in [2.75, 3.05) is 6.61 Å². The summed E-state index contributed by atoms with van der Waals surface area (Å²) in [6.45, 7) is 7.99. The van der Waals surface area contributed by atoms with Crippen LogP contribution >= 0.6 is 11.3 Å². The first kappa shape index (κ1) is 22.7. The lowest BCUT2D eigenvalue weighted by molar-refractivity contribution is 0.0992. The van der Waals surface area contributed by atoms with Gasteiger partial charge in [-0.05, 0) is 87.4 Å². The first-order chi connectivity index (χ1) is 14.0. The van der Waals surface area contributed by atoms with Gasteiger partial charge in [-0.2, -0.15) is 5.26 Å². The van der Waals surface area contributed by atoms with Crippen molar-refractivity contribution in [2.24, 2.45) is 0 Å². The van der Waals surface area contributed by atoms with Crippen LogP contribution in [0.25, 0.3) is 16.0 Å². The Morgan fingerprint density at radius 2 is 2.03 bits per heavy atom. The van der Waals surface area contributed by atoms with E-state index < -0.39 is 0 Å². The molecule has 0 fully saturated rings. The molecule has 1 aromatic heterocycles. The van der Waals surface area contributed by atoms with Gasteiger partial charge >= 0.3 is 0 Å². The molecule has 150 valence electrons. The summed E-state index contributed by atoms with van der Waals surface area (Å²) in [5.74, 6) is 2.25. The largest absolute Gasteiger partial charge is 0.373 e. The van der Waals surface area contributed by atoms with E-state index in [0.717, 1.165) is 5.57 Å². The first-order valence-corrected chi connectivity index (χ1v) is 10.8. The van der Waals surface area contributed by atoms with E-state index in [4.69, 9.17) is 4.74 Å². The Morgan fingerprint density at radius 3 is 2.69 bits per heavy atom. The Kier molecular flexibility index (Phi) is 8.94. The van der Waals surface area contributed by atoms with E-state index in [1.54, 1.807) is 18.3 Å². The monoisotopic (exact) mass is 403 g/mol. The number of aryl methyl sites for hydroxylation is 1. The third-order valence-corrected chi connectivity index (χ3v) is 5.83. The average molecular weight is 404 g/mol. The van der Waals surface area contributed by atoms with Crippen LogP contribution in [0.3, 0.4) is 0 Å². The van der Waals surface area contributed by atoms with Crippen LogP contribution in [0.5, 0.6) is 0 Å². The quantitative estimate of drug-likeness (QED) is 0.301. The maximum Gasteiger partial charge on any atom is 0.0971 e. The lowest BCUT2D eigenvalue weighted by Gasteiger charge is -2.07. The van der Waals surface area contributed by atoms with Gasteiger partial charge < -0.3 is 4.74 Å². The van der Waals surface area contributed by atoms with E-state index in [2.05, 4.69) is 54.8 Å². The van der Waals surface area contributed by atoms with Gasteiger partial charge in [0.1, 0.15) is 0 Å². The van der Waals surface area contributed by atoms with Gasteiger partial charge in [-0.3, -0.25) is 0 Å². The minimum Gasteiger partial charge on any atom is -0.373 e. The van der Waals surface area contributed by atoms with Crippen molar-refractivity contribution in [2.45, 2.75) is 53.1 Å². The molecule has 3 heteroatoms. The second-order valence-corrected chi connectivity index (χ2v) is 8.22. The fraction of sp³-hybridized carbons (Fsp3) is 0.346. The summed E-state index contributed by atoms with van der Waals surface area (Å²) in [4.78, 5) is 2.50. The zero-order valence-electron chi connectivity index (χ0n) is 17.8. The van der Waals surface area contributed by atoms with E-state index in [9.17, 15) is 5.26 Å². The Labute approximate surface area is 179 Å². The van der Waals surface area contributed by atoms with Crippen molar-refractivity contribution >= 4 is 16.9 Å². The predicted molar refractivity (Wildman–Crippen MR) is 125 cm³/mol. The molecule has 0 unspecified atom stereocenters. The number of rotatable bonds is 6. The molecular formula is C26H29NOS. The summed E-state index contributed by atoms with van der Waals surface area (Å²) in [5, 5.41) is 9.40. The second-order valence-electron chi connectivity index (χ2n) is 7.13. The number of nitriles is 1. The van der Waals surface area contributed by atoms with E-state index in [0.29, 0.717) is 12.2 Å². The Hall–Kier alpha value is -2.59. The van der Waals surface area contributed by atoms with E-state index in [1.807, 2.05) is 26.8 Å². The number of ether oxygens (including phenoxy) is 1. The summed E-state index contributed by atoms with van der Waals surface area (Å²) in [6.07, 6.45) is 12.4. The molecule has 1 aromatic carbocycles. The zero-order chi connectivity index (χ0) is 21.2. The van der Waals surface area contributed by atoms with Crippen molar-refractivity contribution in [3.63, 3.8) is 0 Å². The summed E-state index contributed by atoms with van der Waals surface area (Å²) in [6, 6.07) is 13.3. The van der Waals surface area contributed by atoms with E-state index in [-0.39, 0.29) is 6.10 Å². The Morgan fingerprint density at radius 1 is 1.28 bits per heavy atom. The van der Waals surface area contributed by atoms with Gasteiger partial charge in [0.05, 0.1) is 24.4 Å². The van der Waals surface area contributed by atoms with Gasteiger partial charge in [0.15, 0.2) is 0 Å². The number of nitrogens with zero attached hydrogens (tertiary/aromatic N) is 1. The third-order valence-electron chi connectivity index (χ3n) is 4.66. The summed E-state index contributed by atoms with van der Waals surface area (Å²) < 4.78 is 5.59. The number of fused-ring (bicyclic) bond motifs is 1. The van der Waals surface area contributed by atoms with Crippen LogP contribution in [0.1, 0.15) is 50.1 Å². The lowest BCUT2D eigenvalue weighted by Crippen LogP contribution is -2.05. The van der Waals surface area contributed by atoms with Crippen molar-refractivity contribution < 1.29 is 4.74 Å². The van der Waals surface area contributed by atoms with Gasteiger partial charge in [0, 0.05) is 9.75 Å². The van der Waals surface area contributed by atoms with Gasteiger partial charge in [-0.25, -0.2) is 0 Å². The highest BCUT2D eigenvalue weighted by Gasteiger charge is 2.16. The molecule has 3 rings (SSSR count). The minimum absolute atomic E-state index is 0.120. The maximum absolute atomic E-state index is 9.40. The molecule has 0 aliphatic heterocycles. The Balaban J connectivity index is 0.000000941. The highest BCUT2D eigenvalue weighted by atomic mass is 32.1. The number of hydrogen-bond donors (Lipinski definition) is 0. The lowest BCUT2D eigenvalue weighted by atomic mass is 10.0. The normalized spacial score (nSPS) is 13.3. The van der Waals surface area contributed by atoms with Crippen molar-refractivity contribution in [1.82, 2.24) is 0 Å². The molecule has 0 N–H and O–H groups in total. The standard InChI is InChI=1S/C23H25NOS.C3H4/c1-4-18(13-17(14-24)15-25-16(2)3)22-11-12-23(26-22)21-10-6-8-19-7-5-9-20(19)21;1-3-2/h4,6,8,10-13,16H,5,7,9,15H2,1-3H3;1H,2H3/b17-13-,18-4+;.